The van der Waals surface area contributed by atoms with Gasteiger partial charge >= 0.3 is 6.03 Å². The van der Waals surface area contributed by atoms with E-state index in [1.807, 2.05) is 37.3 Å². The molecular weight excluding hydrogens is 304 g/mol. The number of hydrogen-bond acceptors (Lipinski definition) is 4. The fourth-order valence-corrected chi connectivity index (χ4v) is 3.02. The van der Waals surface area contributed by atoms with Crippen molar-refractivity contribution in [3.05, 3.63) is 36.2 Å². The minimum absolute atomic E-state index is 0.174. The smallest absolute Gasteiger partial charge is 0.315 e. The highest BCUT2D eigenvalue weighted by atomic mass is 16.2. The minimum Gasteiger partial charge on any atom is -0.338 e. The van der Waals surface area contributed by atoms with Gasteiger partial charge in [-0.05, 0) is 54.2 Å². The molecule has 2 amide bonds. The first kappa shape index (κ1) is 16.4. The SMILES string of the molecule is CCCC1(CNC(=O)NC(C)c2nnnn2-c2ccccc2)CC1. The maximum Gasteiger partial charge on any atom is 0.315 e. The maximum atomic E-state index is 12.2. The molecule has 0 aliphatic heterocycles. The molecule has 1 saturated carbocycles. The second kappa shape index (κ2) is 6.98. The van der Waals surface area contributed by atoms with Gasteiger partial charge < -0.3 is 10.6 Å². The Labute approximate surface area is 141 Å². The van der Waals surface area contributed by atoms with Gasteiger partial charge in [-0.2, -0.15) is 4.68 Å². The number of urea groups is 1. The molecule has 24 heavy (non-hydrogen) atoms. The first-order chi connectivity index (χ1) is 11.6. The number of amides is 2. The van der Waals surface area contributed by atoms with Gasteiger partial charge in [0.2, 0.25) is 0 Å². The third-order valence-electron chi connectivity index (χ3n) is 4.59. The van der Waals surface area contributed by atoms with E-state index in [-0.39, 0.29) is 12.1 Å². The third-order valence-corrected chi connectivity index (χ3v) is 4.59. The Morgan fingerprint density at radius 1 is 1.33 bits per heavy atom. The summed E-state index contributed by atoms with van der Waals surface area (Å²) in [7, 11) is 0. The zero-order valence-electron chi connectivity index (χ0n) is 14.2. The predicted molar refractivity (Wildman–Crippen MR) is 90.7 cm³/mol. The molecule has 7 nitrogen and oxygen atoms in total. The van der Waals surface area contributed by atoms with Gasteiger partial charge in [0.15, 0.2) is 5.82 Å². The number of para-hydroxylation sites is 1. The summed E-state index contributed by atoms with van der Waals surface area (Å²) in [5, 5.41) is 17.7. The van der Waals surface area contributed by atoms with Gasteiger partial charge in [-0.15, -0.1) is 5.10 Å². The van der Waals surface area contributed by atoms with Crippen LogP contribution >= 0.6 is 0 Å². The fraction of sp³-hybridized carbons (Fsp3) is 0.529. The lowest BCUT2D eigenvalue weighted by Gasteiger charge is -2.18. The summed E-state index contributed by atoms with van der Waals surface area (Å²) in [6, 6.07) is 9.17. The van der Waals surface area contributed by atoms with Crippen molar-refractivity contribution in [3.8, 4) is 5.69 Å². The normalized spacial score (nSPS) is 16.4. The molecule has 1 unspecified atom stereocenters. The highest BCUT2D eigenvalue weighted by Crippen LogP contribution is 2.48. The minimum atomic E-state index is -0.290. The van der Waals surface area contributed by atoms with Gasteiger partial charge in [0, 0.05) is 6.54 Å². The van der Waals surface area contributed by atoms with Gasteiger partial charge in [0.05, 0.1) is 11.7 Å². The van der Waals surface area contributed by atoms with E-state index in [4.69, 9.17) is 0 Å². The molecule has 1 aromatic heterocycles. The number of nitrogens with zero attached hydrogens (tertiary/aromatic N) is 4. The zero-order chi connectivity index (χ0) is 17.0. The Kier molecular flexibility index (Phi) is 4.78. The molecule has 1 atom stereocenters. The molecule has 1 aromatic carbocycles. The third kappa shape index (κ3) is 3.72. The van der Waals surface area contributed by atoms with Gasteiger partial charge in [0.1, 0.15) is 0 Å². The van der Waals surface area contributed by atoms with E-state index in [2.05, 4.69) is 33.1 Å². The summed E-state index contributed by atoms with van der Waals surface area (Å²) in [5.41, 5.74) is 1.20. The molecule has 1 heterocycles. The number of benzene rings is 1. The number of carbonyl (C=O) groups excluding carboxylic acids is 1. The van der Waals surface area contributed by atoms with Gasteiger partial charge in [0.25, 0.3) is 0 Å². The molecule has 0 saturated heterocycles. The summed E-state index contributed by atoms with van der Waals surface area (Å²) in [6.45, 7) is 4.80. The van der Waals surface area contributed by atoms with E-state index >= 15 is 0 Å². The lowest BCUT2D eigenvalue weighted by atomic mass is 10.0. The van der Waals surface area contributed by atoms with Gasteiger partial charge in [-0.3, -0.25) is 0 Å². The van der Waals surface area contributed by atoms with Crippen LogP contribution in [0.3, 0.4) is 0 Å². The van der Waals surface area contributed by atoms with Crippen LogP contribution in [0.2, 0.25) is 0 Å². The van der Waals surface area contributed by atoms with E-state index < -0.39 is 0 Å². The maximum absolute atomic E-state index is 12.2. The molecule has 1 aliphatic rings. The molecule has 1 fully saturated rings. The van der Waals surface area contributed by atoms with Crippen LogP contribution in [-0.2, 0) is 0 Å². The summed E-state index contributed by atoms with van der Waals surface area (Å²) in [5.74, 6) is 0.603. The van der Waals surface area contributed by atoms with Gasteiger partial charge in [-0.1, -0.05) is 31.5 Å². The van der Waals surface area contributed by atoms with Crippen molar-refractivity contribution in [2.24, 2.45) is 5.41 Å². The lowest BCUT2D eigenvalue weighted by Crippen LogP contribution is -2.40. The Hall–Kier alpha value is -2.44. The Balaban J connectivity index is 1.58. The summed E-state index contributed by atoms with van der Waals surface area (Å²) >= 11 is 0. The van der Waals surface area contributed by atoms with E-state index in [0.717, 1.165) is 18.7 Å². The van der Waals surface area contributed by atoms with Crippen molar-refractivity contribution in [3.63, 3.8) is 0 Å². The van der Waals surface area contributed by atoms with Crippen LogP contribution in [0, 0.1) is 5.41 Å². The van der Waals surface area contributed by atoms with E-state index in [1.54, 1.807) is 4.68 Å². The first-order valence-electron chi connectivity index (χ1n) is 8.52. The highest BCUT2D eigenvalue weighted by molar-refractivity contribution is 5.74. The largest absolute Gasteiger partial charge is 0.338 e. The van der Waals surface area contributed by atoms with E-state index in [0.29, 0.717) is 11.2 Å². The zero-order valence-corrected chi connectivity index (χ0v) is 14.2. The summed E-state index contributed by atoms with van der Waals surface area (Å²) in [6.07, 6.45) is 4.76. The summed E-state index contributed by atoms with van der Waals surface area (Å²) in [4.78, 5) is 12.2. The monoisotopic (exact) mass is 328 g/mol. The van der Waals surface area contributed by atoms with Crippen LogP contribution in [0.1, 0.15) is 51.4 Å². The van der Waals surface area contributed by atoms with E-state index in [1.165, 1.54) is 19.3 Å². The second-order valence-electron chi connectivity index (χ2n) is 6.58. The number of nitrogens with one attached hydrogen (secondary N) is 2. The molecule has 2 N–H and O–H groups in total. The average molecular weight is 328 g/mol. The number of rotatable bonds is 7. The van der Waals surface area contributed by atoms with Crippen molar-refractivity contribution in [2.75, 3.05) is 6.54 Å². The van der Waals surface area contributed by atoms with Crippen LogP contribution in [0.15, 0.2) is 30.3 Å². The van der Waals surface area contributed by atoms with Crippen LogP contribution < -0.4 is 10.6 Å². The number of aromatic nitrogens is 4. The predicted octanol–water partition coefficient (Wildman–Crippen LogP) is 2.60. The number of tetrazole rings is 1. The van der Waals surface area contributed by atoms with Gasteiger partial charge in [-0.25, -0.2) is 4.79 Å². The Bertz CT molecular complexity index is 679. The van der Waals surface area contributed by atoms with Crippen molar-refractivity contribution in [2.45, 2.75) is 45.6 Å². The quantitative estimate of drug-likeness (QED) is 0.818. The van der Waals surface area contributed by atoms with Crippen LogP contribution in [0.4, 0.5) is 4.79 Å². The molecule has 2 aromatic rings. The second-order valence-corrected chi connectivity index (χ2v) is 6.58. The first-order valence-corrected chi connectivity index (χ1v) is 8.52. The van der Waals surface area contributed by atoms with Crippen molar-refractivity contribution in [1.29, 1.82) is 0 Å². The molecule has 0 radical (unpaired) electrons. The average Bonchev–Trinajstić information content (AvgIpc) is 3.18. The molecule has 1 aliphatic carbocycles. The Morgan fingerprint density at radius 2 is 2.08 bits per heavy atom. The standard InChI is InChI=1S/C17H24N6O/c1-3-9-17(10-11-17)12-18-16(24)19-13(2)15-20-21-22-23(15)14-7-5-4-6-8-14/h4-8,13H,3,9-12H2,1-2H3,(H2,18,19,24). The molecule has 7 heteroatoms. The molecule has 0 bridgehead atoms. The number of hydrogen-bond donors (Lipinski definition) is 2. The lowest BCUT2D eigenvalue weighted by molar-refractivity contribution is 0.234. The van der Waals surface area contributed by atoms with E-state index in [9.17, 15) is 4.79 Å². The van der Waals surface area contributed by atoms with Crippen molar-refractivity contribution in [1.82, 2.24) is 30.8 Å². The molecular formula is C17H24N6O. The topological polar surface area (TPSA) is 84.7 Å². The Morgan fingerprint density at radius 3 is 2.75 bits per heavy atom. The molecule has 0 spiro atoms. The summed E-state index contributed by atoms with van der Waals surface area (Å²) < 4.78 is 1.64. The van der Waals surface area contributed by atoms with Crippen molar-refractivity contribution < 1.29 is 4.79 Å². The van der Waals surface area contributed by atoms with Crippen LogP contribution in [0.5, 0.6) is 0 Å². The fourth-order valence-electron chi connectivity index (χ4n) is 3.02. The highest BCUT2D eigenvalue weighted by Gasteiger charge is 2.41. The van der Waals surface area contributed by atoms with Crippen molar-refractivity contribution >= 4 is 6.03 Å². The van der Waals surface area contributed by atoms with Crippen LogP contribution in [0.25, 0.3) is 5.69 Å². The van der Waals surface area contributed by atoms with Crippen LogP contribution in [-0.4, -0.2) is 32.8 Å². The molecule has 3 rings (SSSR count). The number of carbonyl (C=O) groups is 1. The molecule has 128 valence electrons.